The fourth-order valence-electron chi connectivity index (χ4n) is 1.13. The van der Waals surface area contributed by atoms with Crippen LogP contribution in [0.15, 0.2) is 0 Å². The van der Waals surface area contributed by atoms with Crippen LogP contribution in [0.3, 0.4) is 0 Å². The zero-order valence-corrected chi connectivity index (χ0v) is 10.8. The van der Waals surface area contributed by atoms with Gasteiger partial charge in [-0.3, -0.25) is 9.11 Å². The van der Waals surface area contributed by atoms with Crippen molar-refractivity contribution in [1.29, 1.82) is 0 Å². The molecule has 0 heterocycles. The Hall–Kier alpha value is 0.478. The Labute approximate surface area is 96.2 Å². The third-order valence-electron chi connectivity index (χ3n) is 1.65. The molecule has 1 aliphatic carbocycles. The van der Waals surface area contributed by atoms with Gasteiger partial charge in [-0.1, -0.05) is 19.3 Å². The van der Waals surface area contributed by atoms with E-state index in [1.54, 1.807) is 20.1 Å². The molecule has 91 valence electrons. The molecular weight excluding hydrogens is 391 g/mol. The van der Waals surface area contributed by atoms with Gasteiger partial charge in [0.1, 0.15) is 0 Å². The summed E-state index contributed by atoms with van der Waals surface area (Å²) in [6.45, 7) is 0. The molecule has 0 atom stereocenters. The maximum atomic E-state index is 8.74. The van der Waals surface area contributed by atoms with Crippen molar-refractivity contribution in [3.8, 4) is 0 Å². The standard InChI is InChI=1S/C6H13N.H2N.H2O4S.Pt/c7-6-4-2-1-3-5-6;;1-5(2,3)4;/h6H,1-5,7H2;1H2;(H2,1,2,3,4);/q;-1;;+1. The van der Waals surface area contributed by atoms with Gasteiger partial charge in [0.15, 0.2) is 0 Å². The summed E-state index contributed by atoms with van der Waals surface area (Å²) in [6, 6.07) is 0.536. The van der Waals surface area contributed by atoms with Crippen molar-refractivity contribution in [3.63, 3.8) is 0 Å². The second kappa shape index (κ2) is 10.0. The predicted molar refractivity (Wildman–Crippen MR) is 49.4 cm³/mol. The summed E-state index contributed by atoms with van der Waals surface area (Å²) in [5.41, 5.74) is 5.63. The Bertz CT molecular complexity index is 196. The fourth-order valence-corrected chi connectivity index (χ4v) is 1.13. The molecule has 0 aromatic heterocycles. The van der Waals surface area contributed by atoms with Crippen molar-refractivity contribution in [2.75, 3.05) is 0 Å². The van der Waals surface area contributed by atoms with Crippen molar-refractivity contribution >= 4 is 10.4 Å². The second-order valence-corrected chi connectivity index (χ2v) is 3.74. The average Bonchev–Trinajstić information content (AvgIpc) is 2.06. The zero-order chi connectivity index (χ0) is 11.6. The Morgan fingerprint density at radius 1 is 1.07 bits per heavy atom. The topological polar surface area (TPSA) is 127 Å². The molecule has 14 heavy (non-hydrogen) atoms. The Balaban J connectivity index is 0. The van der Waals surface area contributed by atoms with Gasteiger partial charge in [0, 0.05) is 6.04 Å². The minimum atomic E-state index is -4.67. The molecule has 0 radical (unpaired) electrons. The molecule has 0 saturated heterocycles. The van der Waals surface area contributed by atoms with Gasteiger partial charge >= 0.3 is 34.8 Å². The molecule has 0 aliphatic heterocycles. The molecule has 0 spiro atoms. The maximum absolute atomic E-state index is 8.74. The van der Waals surface area contributed by atoms with E-state index in [1.807, 2.05) is 0 Å². The normalized spacial score (nSPS) is 17.3. The van der Waals surface area contributed by atoms with E-state index in [9.17, 15) is 0 Å². The quantitative estimate of drug-likeness (QED) is 0.419. The summed E-state index contributed by atoms with van der Waals surface area (Å²) in [5, 5.41) is 0. The third kappa shape index (κ3) is 22.9. The van der Waals surface area contributed by atoms with Gasteiger partial charge in [-0.25, -0.2) is 0 Å². The second-order valence-electron chi connectivity index (χ2n) is 2.85. The van der Waals surface area contributed by atoms with Crippen LogP contribution in [0.4, 0.5) is 0 Å². The molecule has 1 rings (SSSR count). The first-order chi connectivity index (χ1) is 6.39. The third-order valence-corrected chi connectivity index (χ3v) is 1.65. The molecule has 0 aromatic carbocycles. The summed E-state index contributed by atoms with van der Waals surface area (Å²) >= 11 is 1.64. The van der Waals surface area contributed by atoms with Crippen molar-refractivity contribution in [1.82, 2.24) is 0 Å². The summed E-state index contributed by atoms with van der Waals surface area (Å²) < 4.78 is 36.1. The van der Waals surface area contributed by atoms with Crippen LogP contribution in [0.2, 0.25) is 0 Å². The van der Waals surface area contributed by atoms with Crippen LogP contribution < -0.4 is 10.0 Å². The first-order valence-electron chi connectivity index (χ1n) is 4.03. The van der Waals surface area contributed by atoms with Crippen molar-refractivity contribution < 1.29 is 37.6 Å². The van der Waals surface area contributed by atoms with Crippen molar-refractivity contribution in [2.24, 2.45) is 10.0 Å². The summed E-state index contributed by atoms with van der Waals surface area (Å²) in [7, 11) is -4.67. The summed E-state index contributed by atoms with van der Waals surface area (Å²) in [4.78, 5) is 0. The van der Waals surface area contributed by atoms with Gasteiger partial charge in [0.25, 0.3) is 0 Å². The van der Waals surface area contributed by atoms with Crippen LogP contribution in [0.1, 0.15) is 32.1 Å². The zero-order valence-electron chi connectivity index (χ0n) is 7.70. The SMILES string of the molecule is NC1CCCCC1.O=S(=O)(O)O.[NH2][Pt]. The van der Waals surface area contributed by atoms with Gasteiger partial charge in [0.05, 0.1) is 0 Å². The summed E-state index contributed by atoms with van der Waals surface area (Å²) in [6.07, 6.45) is 6.66. The van der Waals surface area contributed by atoms with E-state index >= 15 is 0 Å². The van der Waals surface area contributed by atoms with Gasteiger partial charge < -0.3 is 5.73 Å². The van der Waals surface area contributed by atoms with Crippen LogP contribution in [-0.4, -0.2) is 23.6 Å². The van der Waals surface area contributed by atoms with E-state index in [1.165, 1.54) is 32.1 Å². The van der Waals surface area contributed by atoms with E-state index in [2.05, 4.69) is 4.29 Å². The van der Waals surface area contributed by atoms with Gasteiger partial charge in [0.2, 0.25) is 0 Å². The number of nitrogens with two attached hydrogens (primary N) is 2. The van der Waals surface area contributed by atoms with Crippen LogP contribution >= 0.6 is 0 Å². The average molecular weight is 408 g/mol. The summed E-state index contributed by atoms with van der Waals surface area (Å²) in [5.74, 6) is 0. The Morgan fingerprint density at radius 2 is 1.36 bits per heavy atom. The van der Waals surface area contributed by atoms with Crippen LogP contribution in [0.25, 0.3) is 0 Å². The van der Waals surface area contributed by atoms with Gasteiger partial charge in [-0.2, -0.15) is 8.42 Å². The van der Waals surface area contributed by atoms with Gasteiger partial charge in [-0.05, 0) is 12.8 Å². The molecule has 1 aliphatic rings. The molecule has 8 heteroatoms. The molecule has 0 unspecified atom stereocenters. The van der Waals surface area contributed by atoms with E-state index in [-0.39, 0.29) is 0 Å². The molecule has 0 aromatic rings. The van der Waals surface area contributed by atoms with E-state index < -0.39 is 10.4 Å². The minimum absolute atomic E-state index is 0.536. The molecule has 0 amide bonds. The molecule has 0 bridgehead atoms. The Morgan fingerprint density at radius 3 is 1.50 bits per heavy atom. The number of hydrogen-bond acceptors (Lipinski definition) is 4. The predicted octanol–water partition coefficient (Wildman–Crippen LogP) is 0.0319. The van der Waals surface area contributed by atoms with E-state index in [0.717, 1.165) is 0 Å². The molecule has 1 saturated carbocycles. The molecule has 6 nitrogen and oxygen atoms in total. The molecule has 6 N–H and O–H groups in total. The van der Waals surface area contributed by atoms with E-state index in [4.69, 9.17) is 23.3 Å². The number of hydrogen-bond donors (Lipinski definition) is 4. The Kier molecular flexibility index (Phi) is 12.1. The van der Waals surface area contributed by atoms with Crippen molar-refractivity contribution in [2.45, 2.75) is 38.1 Å². The van der Waals surface area contributed by atoms with Crippen molar-refractivity contribution in [3.05, 3.63) is 0 Å². The van der Waals surface area contributed by atoms with E-state index in [0.29, 0.717) is 6.04 Å². The first kappa shape index (κ1) is 16.9. The molecular formula is C6H17N2O4PtS. The van der Waals surface area contributed by atoms with Crippen LogP contribution in [0, 0.1) is 0 Å². The van der Waals surface area contributed by atoms with Crippen LogP contribution in [-0.2, 0) is 30.5 Å². The van der Waals surface area contributed by atoms with Gasteiger partial charge in [-0.15, -0.1) is 0 Å². The number of rotatable bonds is 0. The van der Waals surface area contributed by atoms with Crippen LogP contribution in [0.5, 0.6) is 0 Å². The molecule has 1 fully saturated rings. The fraction of sp³-hybridized carbons (Fsp3) is 1.00. The monoisotopic (exact) mass is 408 g/mol. The first-order valence-corrected chi connectivity index (χ1v) is 6.74.